The van der Waals surface area contributed by atoms with Crippen LogP contribution in [-0.4, -0.2) is 12.3 Å². The number of anilines is 1. The van der Waals surface area contributed by atoms with Crippen molar-refractivity contribution in [2.45, 2.75) is 26.8 Å². The number of benzene rings is 1. The molecule has 78 valence electrons. The zero-order valence-corrected chi connectivity index (χ0v) is 9.28. The van der Waals surface area contributed by atoms with Crippen LogP contribution in [-0.2, 0) is 0 Å². The van der Waals surface area contributed by atoms with Crippen LogP contribution in [0.5, 0.6) is 0 Å². The SMILES string of the molecule is CC.CC1C=Nc2c(C#N)cccc2N1. The van der Waals surface area contributed by atoms with Gasteiger partial charge in [-0.15, -0.1) is 0 Å². The molecule has 3 heteroatoms. The normalized spacial score (nSPS) is 16.5. The molecule has 0 radical (unpaired) electrons. The highest BCUT2D eigenvalue weighted by atomic mass is 15.0. The minimum atomic E-state index is 0.237. The summed E-state index contributed by atoms with van der Waals surface area (Å²) in [6.07, 6.45) is 1.81. The van der Waals surface area contributed by atoms with Crippen LogP contribution in [0.1, 0.15) is 26.3 Å². The van der Waals surface area contributed by atoms with Crippen molar-refractivity contribution >= 4 is 17.6 Å². The summed E-state index contributed by atoms with van der Waals surface area (Å²) in [4.78, 5) is 4.23. The number of fused-ring (bicyclic) bond motifs is 1. The topological polar surface area (TPSA) is 48.2 Å². The van der Waals surface area contributed by atoms with Gasteiger partial charge in [-0.25, -0.2) is 0 Å². The first-order valence-corrected chi connectivity index (χ1v) is 5.15. The fourth-order valence-electron chi connectivity index (χ4n) is 1.36. The Morgan fingerprint density at radius 3 is 2.80 bits per heavy atom. The molecule has 2 rings (SSSR count). The minimum Gasteiger partial charge on any atom is -0.376 e. The predicted molar refractivity (Wildman–Crippen MR) is 63.7 cm³/mol. The lowest BCUT2D eigenvalue weighted by atomic mass is 10.1. The van der Waals surface area contributed by atoms with E-state index in [0.717, 1.165) is 11.4 Å². The fraction of sp³-hybridized carbons (Fsp3) is 0.333. The molecule has 1 atom stereocenters. The van der Waals surface area contributed by atoms with Gasteiger partial charge >= 0.3 is 0 Å². The zero-order chi connectivity index (χ0) is 11.3. The van der Waals surface area contributed by atoms with E-state index in [1.807, 2.05) is 39.1 Å². The fourth-order valence-corrected chi connectivity index (χ4v) is 1.36. The second-order valence-corrected chi connectivity index (χ2v) is 3.02. The van der Waals surface area contributed by atoms with Crippen molar-refractivity contribution in [2.75, 3.05) is 5.32 Å². The van der Waals surface area contributed by atoms with E-state index >= 15 is 0 Å². The van der Waals surface area contributed by atoms with Crippen LogP contribution < -0.4 is 5.32 Å². The van der Waals surface area contributed by atoms with Gasteiger partial charge in [-0.05, 0) is 19.1 Å². The molecule has 0 aliphatic carbocycles. The summed E-state index contributed by atoms with van der Waals surface area (Å²) in [5, 5.41) is 12.0. The Kier molecular flexibility index (Phi) is 3.87. The molecule has 1 heterocycles. The summed E-state index contributed by atoms with van der Waals surface area (Å²) in [5.41, 5.74) is 2.31. The Balaban J connectivity index is 0.000000531. The van der Waals surface area contributed by atoms with Gasteiger partial charge < -0.3 is 5.32 Å². The molecule has 0 spiro atoms. The number of nitrogens with zero attached hydrogens (tertiary/aromatic N) is 2. The van der Waals surface area contributed by atoms with Crippen LogP contribution in [0, 0.1) is 11.3 Å². The molecule has 1 aromatic carbocycles. The molecule has 0 saturated carbocycles. The molecular formula is C12H15N3. The van der Waals surface area contributed by atoms with Crippen LogP contribution in [0.2, 0.25) is 0 Å². The average molecular weight is 201 g/mol. The van der Waals surface area contributed by atoms with E-state index in [1.54, 1.807) is 6.07 Å². The van der Waals surface area contributed by atoms with Crippen LogP contribution in [0.4, 0.5) is 11.4 Å². The molecule has 1 aromatic rings. The Morgan fingerprint density at radius 1 is 1.40 bits per heavy atom. The lowest BCUT2D eigenvalue weighted by molar-refractivity contribution is 1.05. The molecule has 0 bridgehead atoms. The minimum absolute atomic E-state index is 0.237. The third-order valence-electron chi connectivity index (χ3n) is 1.97. The highest BCUT2D eigenvalue weighted by Crippen LogP contribution is 2.31. The summed E-state index contributed by atoms with van der Waals surface area (Å²) in [7, 11) is 0. The van der Waals surface area contributed by atoms with Crippen molar-refractivity contribution in [3.63, 3.8) is 0 Å². The Labute approximate surface area is 90.5 Å². The average Bonchev–Trinajstić information content (AvgIpc) is 2.30. The van der Waals surface area contributed by atoms with Crippen molar-refractivity contribution in [1.29, 1.82) is 5.26 Å². The standard InChI is InChI=1S/C10H9N3.C2H6/c1-7-6-12-10-8(5-11)3-2-4-9(10)13-7;1-2/h2-4,6-7,13H,1H3;1-2H3. The Bertz CT molecular complexity index is 402. The number of para-hydroxylation sites is 1. The van der Waals surface area contributed by atoms with Gasteiger partial charge in [0.1, 0.15) is 11.8 Å². The number of aliphatic imine (C=N–C) groups is 1. The zero-order valence-electron chi connectivity index (χ0n) is 9.28. The Morgan fingerprint density at radius 2 is 2.13 bits per heavy atom. The molecule has 0 saturated heterocycles. The number of hydrogen-bond acceptors (Lipinski definition) is 3. The van der Waals surface area contributed by atoms with Crippen LogP contribution >= 0.6 is 0 Å². The van der Waals surface area contributed by atoms with Crippen molar-refractivity contribution in [1.82, 2.24) is 0 Å². The molecular weight excluding hydrogens is 186 g/mol. The summed E-state index contributed by atoms with van der Waals surface area (Å²) in [5.74, 6) is 0. The Hall–Kier alpha value is -1.82. The van der Waals surface area contributed by atoms with E-state index in [2.05, 4.69) is 16.4 Å². The predicted octanol–water partition coefficient (Wildman–Crippen LogP) is 3.10. The van der Waals surface area contributed by atoms with Crippen molar-refractivity contribution < 1.29 is 0 Å². The molecule has 0 aromatic heterocycles. The summed E-state index contributed by atoms with van der Waals surface area (Å²) >= 11 is 0. The van der Waals surface area contributed by atoms with Gasteiger partial charge in [-0.2, -0.15) is 5.26 Å². The highest BCUT2D eigenvalue weighted by molar-refractivity contribution is 5.85. The summed E-state index contributed by atoms with van der Waals surface area (Å²) in [6.45, 7) is 6.02. The van der Waals surface area contributed by atoms with Crippen LogP contribution in [0.25, 0.3) is 0 Å². The van der Waals surface area contributed by atoms with Gasteiger partial charge in [0.15, 0.2) is 0 Å². The maximum Gasteiger partial charge on any atom is 0.104 e. The first kappa shape index (κ1) is 11.3. The highest BCUT2D eigenvalue weighted by Gasteiger charge is 2.12. The lowest BCUT2D eigenvalue weighted by Crippen LogP contribution is -2.19. The second kappa shape index (κ2) is 5.16. The van der Waals surface area contributed by atoms with E-state index in [-0.39, 0.29) is 6.04 Å². The first-order valence-electron chi connectivity index (χ1n) is 5.15. The van der Waals surface area contributed by atoms with E-state index in [4.69, 9.17) is 5.26 Å². The van der Waals surface area contributed by atoms with Gasteiger partial charge in [0.25, 0.3) is 0 Å². The van der Waals surface area contributed by atoms with Crippen molar-refractivity contribution in [3.8, 4) is 6.07 Å². The van der Waals surface area contributed by atoms with E-state index in [0.29, 0.717) is 5.56 Å². The van der Waals surface area contributed by atoms with Crippen LogP contribution in [0.15, 0.2) is 23.2 Å². The molecule has 1 N–H and O–H groups in total. The summed E-state index contributed by atoms with van der Waals surface area (Å²) < 4.78 is 0. The van der Waals surface area contributed by atoms with Gasteiger partial charge in [-0.1, -0.05) is 19.9 Å². The molecule has 1 unspecified atom stereocenters. The maximum atomic E-state index is 8.81. The number of nitriles is 1. The number of nitrogens with one attached hydrogen (secondary N) is 1. The van der Waals surface area contributed by atoms with E-state index < -0.39 is 0 Å². The monoisotopic (exact) mass is 201 g/mol. The summed E-state index contributed by atoms with van der Waals surface area (Å²) in [6, 6.07) is 7.92. The largest absolute Gasteiger partial charge is 0.376 e. The molecule has 0 fully saturated rings. The van der Waals surface area contributed by atoms with Gasteiger partial charge in [-0.3, -0.25) is 4.99 Å². The van der Waals surface area contributed by atoms with Crippen LogP contribution in [0.3, 0.4) is 0 Å². The van der Waals surface area contributed by atoms with Gasteiger partial charge in [0.05, 0.1) is 17.3 Å². The molecule has 1 aliphatic heterocycles. The lowest BCUT2D eigenvalue weighted by Gasteiger charge is -2.18. The van der Waals surface area contributed by atoms with Gasteiger partial charge in [0, 0.05) is 6.21 Å². The third-order valence-corrected chi connectivity index (χ3v) is 1.97. The molecule has 0 amide bonds. The first-order chi connectivity index (χ1) is 7.31. The quantitative estimate of drug-likeness (QED) is 0.701. The molecule has 1 aliphatic rings. The van der Waals surface area contributed by atoms with E-state index in [9.17, 15) is 0 Å². The van der Waals surface area contributed by atoms with Crippen molar-refractivity contribution in [2.24, 2.45) is 4.99 Å². The third kappa shape index (κ3) is 2.35. The molecule has 3 nitrogen and oxygen atoms in total. The second-order valence-electron chi connectivity index (χ2n) is 3.02. The van der Waals surface area contributed by atoms with Gasteiger partial charge in [0.2, 0.25) is 0 Å². The molecule has 15 heavy (non-hydrogen) atoms. The van der Waals surface area contributed by atoms with E-state index in [1.165, 1.54) is 0 Å². The van der Waals surface area contributed by atoms with Crippen molar-refractivity contribution in [3.05, 3.63) is 23.8 Å². The smallest absolute Gasteiger partial charge is 0.104 e. The number of rotatable bonds is 0. The number of hydrogen-bond donors (Lipinski definition) is 1. The maximum absolute atomic E-state index is 8.81.